The van der Waals surface area contributed by atoms with Gasteiger partial charge < -0.3 is 0 Å². The largest absolute Gasteiger partial charge is 0.270 e. The summed E-state index contributed by atoms with van der Waals surface area (Å²) in [4.78, 5) is 18.9. The molecule has 1 aromatic carbocycles. The summed E-state index contributed by atoms with van der Waals surface area (Å²) in [6.07, 6.45) is 0.655. The van der Waals surface area contributed by atoms with Crippen LogP contribution in [0.5, 0.6) is 0 Å². The topological polar surface area (TPSA) is 68.9 Å². The first kappa shape index (κ1) is 13.4. The lowest BCUT2D eigenvalue weighted by Crippen LogP contribution is -2.00. The maximum atomic E-state index is 10.8. The third kappa shape index (κ3) is 2.71. The van der Waals surface area contributed by atoms with E-state index in [4.69, 9.17) is 11.6 Å². The lowest BCUT2D eigenvalue weighted by Gasteiger charge is -2.08. The second-order valence-electron chi connectivity index (χ2n) is 4.07. The monoisotopic (exact) mass is 277 g/mol. The van der Waals surface area contributed by atoms with Crippen LogP contribution in [-0.4, -0.2) is 14.9 Å². The smallest absolute Gasteiger partial charge is 0.258 e. The van der Waals surface area contributed by atoms with Crippen molar-refractivity contribution in [2.75, 3.05) is 0 Å². The molecule has 0 saturated carbocycles. The van der Waals surface area contributed by atoms with Crippen LogP contribution >= 0.6 is 11.6 Å². The average Bonchev–Trinajstić information content (AvgIpc) is 2.41. The first-order chi connectivity index (χ1) is 9.02. The fraction of sp³-hybridized carbons (Fsp3) is 0.231. The maximum Gasteiger partial charge on any atom is 0.270 e. The van der Waals surface area contributed by atoms with Crippen molar-refractivity contribution in [1.82, 2.24) is 9.97 Å². The van der Waals surface area contributed by atoms with Gasteiger partial charge in [0.05, 0.1) is 10.6 Å². The Morgan fingerprint density at radius 2 is 2.11 bits per heavy atom. The van der Waals surface area contributed by atoms with E-state index in [0.29, 0.717) is 28.7 Å². The Kier molecular flexibility index (Phi) is 3.76. The summed E-state index contributed by atoms with van der Waals surface area (Å²) < 4.78 is 0. The number of non-ortho nitro benzene ring substituents is 1. The number of hydrogen-bond acceptors (Lipinski definition) is 4. The van der Waals surface area contributed by atoms with Crippen molar-refractivity contribution in [3.63, 3.8) is 0 Å². The molecule has 98 valence electrons. The zero-order valence-corrected chi connectivity index (χ0v) is 11.3. The molecule has 0 amide bonds. The molecule has 0 saturated heterocycles. The molecule has 2 aromatic rings. The quantitative estimate of drug-likeness (QED) is 0.488. The molecule has 0 aliphatic carbocycles. The number of benzene rings is 1. The van der Waals surface area contributed by atoms with Gasteiger partial charge in [0.25, 0.3) is 5.69 Å². The highest BCUT2D eigenvalue weighted by molar-refractivity contribution is 6.30. The van der Waals surface area contributed by atoms with Crippen LogP contribution in [0.3, 0.4) is 0 Å². The van der Waals surface area contributed by atoms with E-state index in [2.05, 4.69) is 9.97 Å². The van der Waals surface area contributed by atoms with Crippen LogP contribution in [0.4, 0.5) is 5.69 Å². The highest BCUT2D eigenvalue weighted by Gasteiger charge is 2.13. The van der Waals surface area contributed by atoms with Gasteiger partial charge in [-0.3, -0.25) is 10.1 Å². The Morgan fingerprint density at radius 3 is 2.74 bits per heavy atom. The van der Waals surface area contributed by atoms with Crippen molar-refractivity contribution in [3.05, 3.63) is 50.9 Å². The standard InChI is InChI=1S/C13H12ClN3O2/c1-3-11-15-12(8(2)13(14)16-11)9-5-4-6-10(7-9)17(18)19/h4-7H,3H2,1-2H3. The Morgan fingerprint density at radius 1 is 1.37 bits per heavy atom. The van der Waals surface area contributed by atoms with Crippen LogP contribution in [0.15, 0.2) is 24.3 Å². The van der Waals surface area contributed by atoms with Crippen LogP contribution in [0.2, 0.25) is 5.15 Å². The molecule has 0 aliphatic rings. The fourth-order valence-electron chi connectivity index (χ4n) is 1.74. The van der Waals surface area contributed by atoms with E-state index in [-0.39, 0.29) is 5.69 Å². The van der Waals surface area contributed by atoms with Gasteiger partial charge in [-0.2, -0.15) is 0 Å². The molecule has 0 unspecified atom stereocenters. The van der Waals surface area contributed by atoms with Crippen molar-refractivity contribution in [3.8, 4) is 11.3 Å². The van der Waals surface area contributed by atoms with E-state index in [0.717, 1.165) is 5.56 Å². The van der Waals surface area contributed by atoms with Gasteiger partial charge in [0.15, 0.2) is 0 Å². The number of halogens is 1. The molecule has 1 aromatic heterocycles. The molecule has 5 nitrogen and oxygen atoms in total. The van der Waals surface area contributed by atoms with Crippen LogP contribution in [0.25, 0.3) is 11.3 Å². The lowest BCUT2D eigenvalue weighted by molar-refractivity contribution is -0.384. The normalized spacial score (nSPS) is 10.5. The summed E-state index contributed by atoms with van der Waals surface area (Å²) in [5.74, 6) is 0.622. The number of nitrogens with zero attached hydrogens (tertiary/aromatic N) is 3. The molecule has 6 heteroatoms. The van der Waals surface area contributed by atoms with Gasteiger partial charge in [-0.05, 0) is 6.92 Å². The Hall–Kier alpha value is -2.01. The minimum Gasteiger partial charge on any atom is -0.258 e. The third-order valence-corrected chi connectivity index (χ3v) is 3.15. The molecule has 0 radical (unpaired) electrons. The maximum absolute atomic E-state index is 10.8. The Bertz CT molecular complexity index is 644. The highest BCUT2D eigenvalue weighted by atomic mass is 35.5. The molecule has 1 heterocycles. The minimum atomic E-state index is -0.428. The summed E-state index contributed by atoms with van der Waals surface area (Å²) in [5, 5.41) is 11.2. The van der Waals surface area contributed by atoms with E-state index in [1.807, 2.05) is 6.92 Å². The molecular formula is C13H12ClN3O2. The van der Waals surface area contributed by atoms with Gasteiger partial charge in [-0.15, -0.1) is 0 Å². The summed E-state index contributed by atoms with van der Waals surface area (Å²) in [6, 6.07) is 6.35. The SMILES string of the molecule is CCc1nc(Cl)c(C)c(-c2cccc([N+](=O)[O-])c2)n1. The van der Waals surface area contributed by atoms with Crippen molar-refractivity contribution >= 4 is 17.3 Å². The summed E-state index contributed by atoms with van der Waals surface area (Å²) in [6.45, 7) is 3.73. The van der Waals surface area contributed by atoms with E-state index in [9.17, 15) is 10.1 Å². The van der Waals surface area contributed by atoms with Crippen molar-refractivity contribution in [2.45, 2.75) is 20.3 Å². The summed E-state index contributed by atoms with van der Waals surface area (Å²) in [7, 11) is 0. The molecule has 0 bridgehead atoms. The summed E-state index contributed by atoms with van der Waals surface area (Å²) >= 11 is 6.06. The van der Waals surface area contributed by atoms with Crippen LogP contribution in [0.1, 0.15) is 18.3 Å². The average molecular weight is 278 g/mol. The van der Waals surface area contributed by atoms with Gasteiger partial charge >= 0.3 is 0 Å². The number of aromatic nitrogens is 2. The second kappa shape index (κ2) is 5.32. The second-order valence-corrected chi connectivity index (χ2v) is 4.42. The zero-order chi connectivity index (χ0) is 14.0. The van der Waals surface area contributed by atoms with E-state index in [1.54, 1.807) is 19.1 Å². The molecule has 0 spiro atoms. The van der Waals surface area contributed by atoms with Crippen LogP contribution in [0, 0.1) is 17.0 Å². The molecular weight excluding hydrogens is 266 g/mol. The molecule has 0 fully saturated rings. The van der Waals surface area contributed by atoms with Crippen LogP contribution < -0.4 is 0 Å². The molecule has 0 aliphatic heterocycles. The lowest BCUT2D eigenvalue weighted by atomic mass is 10.1. The number of nitro groups is 1. The van der Waals surface area contributed by atoms with Crippen molar-refractivity contribution in [1.29, 1.82) is 0 Å². The number of aryl methyl sites for hydroxylation is 1. The van der Waals surface area contributed by atoms with Gasteiger partial charge in [0, 0.05) is 29.7 Å². The molecule has 0 N–H and O–H groups in total. The summed E-state index contributed by atoms with van der Waals surface area (Å²) in [5.41, 5.74) is 2.07. The molecule has 0 atom stereocenters. The fourth-order valence-corrected chi connectivity index (χ4v) is 1.93. The van der Waals surface area contributed by atoms with E-state index >= 15 is 0 Å². The third-order valence-electron chi connectivity index (χ3n) is 2.78. The van der Waals surface area contributed by atoms with Crippen molar-refractivity contribution < 1.29 is 4.92 Å². The van der Waals surface area contributed by atoms with Gasteiger partial charge in [0.2, 0.25) is 0 Å². The molecule has 2 rings (SSSR count). The number of rotatable bonds is 3. The van der Waals surface area contributed by atoms with Gasteiger partial charge in [-0.1, -0.05) is 30.7 Å². The minimum absolute atomic E-state index is 0.0321. The Labute approximate surface area is 115 Å². The van der Waals surface area contributed by atoms with E-state index in [1.165, 1.54) is 12.1 Å². The van der Waals surface area contributed by atoms with Crippen LogP contribution in [-0.2, 0) is 6.42 Å². The van der Waals surface area contributed by atoms with Gasteiger partial charge in [0.1, 0.15) is 11.0 Å². The first-order valence-electron chi connectivity index (χ1n) is 5.80. The highest BCUT2D eigenvalue weighted by Crippen LogP contribution is 2.28. The number of nitro benzene ring substituents is 1. The van der Waals surface area contributed by atoms with Gasteiger partial charge in [-0.25, -0.2) is 9.97 Å². The number of hydrogen-bond donors (Lipinski definition) is 0. The predicted molar refractivity (Wildman–Crippen MR) is 73.2 cm³/mol. The zero-order valence-electron chi connectivity index (χ0n) is 10.6. The first-order valence-corrected chi connectivity index (χ1v) is 6.18. The van der Waals surface area contributed by atoms with Crippen molar-refractivity contribution in [2.24, 2.45) is 0 Å². The predicted octanol–water partition coefficient (Wildman–Crippen LogP) is 3.58. The Balaban J connectivity index is 2.61. The van der Waals surface area contributed by atoms with E-state index < -0.39 is 4.92 Å². The molecule has 19 heavy (non-hydrogen) atoms.